The minimum Gasteiger partial charge on any atom is -0.391 e. The van der Waals surface area contributed by atoms with Crippen LogP contribution in [0.25, 0.3) is 0 Å². The molecule has 0 radical (unpaired) electrons. The second kappa shape index (κ2) is 8.84. The summed E-state index contributed by atoms with van der Waals surface area (Å²) < 4.78 is 22.5. The molecule has 1 aliphatic heterocycles. The maximum atomic E-state index is 11.2. The maximum absolute atomic E-state index is 11.2. The van der Waals surface area contributed by atoms with Gasteiger partial charge in [-0.3, -0.25) is 4.90 Å². The summed E-state index contributed by atoms with van der Waals surface area (Å²) in [7, 11) is 0. The molecular weight excluding hydrogens is 334 g/mol. The zero-order valence-electron chi connectivity index (χ0n) is 16.7. The first-order valence-corrected chi connectivity index (χ1v) is 10.2. The normalized spacial score (nSPS) is 40.8. The van der Waals surface area contributed by atoms with Crippen molar-refractivity contribution in [3.63, 3.8) is 0 Å². The maximum Gasteiger partial charge on any atom is 0.0756 e. The Bertz CT molecular complexity index is 430. The third-order valence-electron chi connectivity index (χ3n) is 7.35. The van der Waals surface area contributed by atoms with Crippen molar-refractivity contribution in [1.29, 1.82) is 0 Å². The van der Waals surface area contributed by atoms with Gasteiger partial charge < -0.3 is 24.1 Å². The highest BCUT2D eigenvalue weighted by Crippen LogP contribution is 2.66. The van der Waals surface area contributed by atoms with E-state index < -0.39 is 0 Å². The van der Waals surface area contributed by atoms with Crippen molar-refractivity contribution in [1.82, 2.24) is 4.90 Å². The summed E-state index contributed by atoms with van der Waals surface area (Å²) in [5, 5.41) is 11.2. The Hall–Kier alpha value is -0.240. The van der Waals surface area contributed by atoms with E-state index in [-0.39, 0.29) is 23.0 Å². The Kier molecular flexibility index (Phi) is 6.97. The molecule has 0 aromatic rings. The van der Waals surface area contributed by atoms with Crippen LogP contribution in [0.15, 0.2) is 0 Å². The second-order valence-corrected chi connectivity index (χ2v) is 8.71. The van der Waals surface area contributed by atoms with Crippen LogP contribution in [0.2, 0.25) is 0 Å². The van der Waals surface area contributed by atoms with E-state index in [1.807, 2.05) is 0 Å². The van der Waals surface area contributed by atoms with Crippen LogP contribution in [0.3, 0.4) is 0 Å². The average Bonchev–Trinajstić information content (AvgIpc) is 2.91. The van der Waals surface area contributed by atoms with Crippen LogP contribution in [0, 0.1) is 16.7 Å². The number of hydrogen-bond acceptors (Lipinski definition) is 6. The number of ether oxygens (including phenoxy) is 4. The van der Waals surface area contributed by atoms with Gasteiger partial charge in [0.1, 0.15) is 0 Å². The van der Waals surface area contributed by atoms with Gasteiger partial charge in [0.2, 0.25) is 0 Å². The molecule has 4 atom stereocenters. The lowest BCUT2D eigenvalue weighted by Gasteiger charge is -2.40. The first kappa shape index (κ1) is 20.5. The van der Waals surface area contributed by atoms with Crippen molar-refractivity contribution >= 4 is 0 Å². The Morgan fingerprint density at radius 2 is 1.23 bits per heavy atom. The number of hydrogen-bond donors (Lipinski definition) is 1. The zero-order chi connectivity index (χ0) is 18.6. The summed E-state index contributed by atoms with van der Waals surface area (Å²) in [5.41, 5.74) is 0.167. The molecule has 6 nitrogen and oxygen atoms in total. The van der Waals surface area contributed by atoms with Crippen molar-refractivity contribution < 1.29 is 24.1 Å². The summed E-state index contributed by atoms with van der Waals surface area (Å²) in [6.07, 6.45) is 2.04. The van der Waals surface area contributed by atoms with E-state index in [9.17, 15) is 5.11 Å². The predicted molar refractivity (Wildman–Crippen MR) is 99.3 cm³/mol. The number of aliphatic hydroxyl groups is 1. The van der Waals surface area contributed by atoms with E-state index in [2.05, 4.69) is 25.7 Å². The lowest BCUT2D eigenvalue weighted by atomic mass is 9.70. The van der Waals surface area contributed by atoms with Crippen molar-refractivity contribution in [2.75, 3.05) is 65.9 Å². The molecule has 0 amide bonds. The highest BCUT2D eigenvalue weighted by Gasteiger charge is 2.66. The minimum atomic E-state index is -0.287. The Labute approximate surface area is 158 Å². The fourth-order valence-corrected chi connectivity index (χ4v) is 5.28. The van der Waals surface area contributed by atoms with Gasteiger partial charge in [-0.15, -0.1) is 0 Å². The van der Waals surface area contributed by atoms with E-state index in [1.54, 1.807) is 0 Å². The molecule has 3 aliphatic rings. The quantitative estimate of drug-likeness (QED) is 0.755. The molecule has 0 aromatic carbocycles. The number of nitrogens with zero attached hydrogens (tertiary/aromatic N) is 1. The number of rotatable bonds is 1. The second-order valence-electron chi connectivity index (χ2n) is 8.71. The zero-order valence-corrected chi connectivity index (χ0v) is 16.7. The van der Waals surface area contributed by atoms with E-state index in [4.69, 9.17) is 18.9 Å². The van der Waals surface area contributed by atoms with Gasteiger partial charge in [0.05, 0.1) is 59.0 Å². The van der Waals surface area contributed by atoms with Gasteiger partial charge in [0, 0.05) is 24.5 Å². The summed E-state index contributed by atoms with van der Waals surface area (Å²) >= 11 is 0. The smallest absolute Gasteiger partial charge is 0.0756 e. The fraction of sp³-hybridized carbons (Fsp3) is 1.00. The standard InChI is InChI=1S/C20H37NO5/c1-19(2)16-4-5-20(19,3)18(22)17(16)21-6-8-23-10-12-25-14-15-26-13-11-24-9-7-21/h16-18,22H,4-15H2,1-3H3/t16-,17+,18+,20+/m1/s1. The first-order valence-electron chi connectivity index (χ1n) is 10.2. The lowest BCUT2D eigenvalue weighted by molar-refractivity contribution is -0.0450. The molecular formula is C20H37NO5. The monoisotopic (exact) mass is 371 g/mol. The Morgan fingerprint density at radius 3 is 1.65 bits per heavy atom. The van der Waals surface area contributed by atoms with Crippen LogP contribution in [0.1, 0.15) is 33.6 Å². The predicted octanol–water partition coefficient (Wildman–Crippen LogP) is 1.55. The Morgan fingerprint density at radius 1 is 0.769 bits per heavy atom. The molecule has 2 aliphatic carbocycles. The van der Waals surface area contributed by atoms with Crippen molar-refractivity contribution in [2.45, 2.75) is 45.8 Å². The molecule has 1 N–H and O–H groups in total. The molecule has 1 saturated heterocycles. The van der Waals surface area contributed by atoms with Crippen LogP contribution in [-0.2, 0) is 18.9 Å². The largest absolute Gasteiger partial charge is 0.391 e. The topological polar surface area (TPSA) is 60.4 Å². The van der Waals surface area contributed by atoms with Gasteiger partial charge in [0.15, 0.2) is 0 Å². The molecule has 6 heteroatoms. The van der Waals surface area contributed by atoms with Gasteiger partial charge in [0.25, 0.3) is 0 Å². The molecule has 152 valence electrons. The summed E-state index contributed by atoms with van der Waals surface area (Å²) in [5.74, 6) is 0.524. The van der Waals surface area contributed by atoms with Crippen molar-refractivity contribution in [3.05, 3.63) is 0 Å². The van der Waals surface area contributed by atoms with Crippen LogP contribution in [-0.4, -0.2) is 88.1 Å². The molecule has 3 rings (SSSR count). The van der Waals surface area contributed by atoms with E-state index in [1.165, 1.54) is 6.42 Å². The van der Waals surface area contributed by atoms with Crippen molar-refractivity contribution in [3.8, 4) is 0 Å². The van der Waals surface area contributed by atoms with Gasteiger partial charge in [-0.05, 0) is 24.2 Å². The van der Waals surface area contributed by atoms with Gasteiger partial charge >= 0.3 is 0 Å². The van der Waals surface area contributed by atoms with Crippen LogP contribution < -0.4 is 0 Å². The third-order valence-corrected chi connectivity index (χ3v) is 7.35. The van der Waals surface area contributed by atoms with E-state index in [0.717, 1.165) is 19.5 Å². The van der Waals surface area contributed by atoms with Crippen LogP contribution >= 0.6 is 0 Å². The molecule has 1 heterocycles. The van der Waals surface area contributed by atoms with Crippen LogP contribution in [0.5, 0.6) is 0 Å². The molecule has 0 aromatic heterocycles. The highest BCUT2D eigenvalue weighted by atomic mass is 16.6. The molecule has 3 fully saturated rings. The first-order chi connectivity index (χ1) is 12.5. The molecule has 26 heavy (non-hydrogen) atoms. The molecule has 2 saturated carbocycles. The van der Waals surface area contributed by atoms with Crippen LogP contribution in [0.4, 0.5) is 0 Å². The third kappa shape index (κ3) is 3.96. The average molecular weight is 372 g/mol. The van der Waals surface area contributed by atoms with Gasteiger partial charge in [-0.1, -0.05) is 20.8 Å². The molecule has 0 spiro atoms. The lowest BCUT2D eigenvalue weighted by Crippen LogP contribution is -2.51. The van der Waals surface area contributed by atoms with E-state index in [0.29, 0.717) is 58.8 Å². The van der Waals surface area contributed by atoms with Gasteiger partial charge in [-0.2, -0.15) is 0 Å². The fourth-order valence-electron chi connectivity index (χ4n) is 5.28. The summed E-state index contributed by atoms with van der Waals surface area (Å²) in [6.45, 7) is 13.5. The highest BCUT2D eigenvalue weighted by molar-refractivity contribution is 5.17. The number of fused-ring (bicyclic) bond motifs is 2. The summed E-state index contributed by atoms with van der Waals surface area (Å²) in [6, 6.07) is 0.194. The van der Waals surface area contributed by atoms with Gasteiger partial charge in [-0.25, -0.2) is 0 Å². The molecule has 0 unspecified atom stereocenters. The number of aliphatic hydroxyl groups excluding tert-OH is 1. The minimum absolute atomic E-state index is 0.00271. The Balaban J connectivity index is 1.63. The molecule has 2 bridgehead atoms. The van der Waals surface area contributed by atoms with E-state index >= 15 is 0 Å². The summed E-state index contributed by atoms with van der Waals surface area (Å²) in [4.78, 5) is 2.41. The SMILES string of the molecule is CC1(C)[C@@H]2CC[C@@]1(C)[C@@H](O)[C@H]2N1CCOCCOCCOCCOCC1. The van der Waals surface area contributed by atoms with Crippen molar-refractivity contribution in [2.24, 2.45) is 16.7 Å².